The molecule has 3 aliphatic rings. The molecule has 0 aromatic heterocycles. The van der Waals surface area contributed by atoms with Gasteiger partial charge in [-0.1, -0.05) is 19.3 Å². The van der Waals surface area contributed by atoms with Gasteiger partial charge < -0.3 is 9.47 Å². The maximum atomic E-state index is 13.0. The summed E-state index contributed by atoms with van der Waals surface area (Å²) in [5.41, 5.74) is 0.374. The Hall–Kier alpha value is -2.48. The molecule has 8 heteroatoms. The molecule has 1 aliphatic carbocycles. The Labute approximate surface area is 150 Å². The van der Waals surface area contributed by atoms with Crippen LogP contribution in [0.1, 0.15) is 49.7 Å². The first kappa shape index (κ1) is 17.0. The molecule has 8 nitrogen and oxygen atoms in total. The lowest BCUT2D eigenvalue weighted by Crippen LogP contribution is -2.36. The highest BCUT2D eigenvalue weighted by Crippen LogP contribution is 2.46. The average molecular weight is 360 g/mol. The van der Waals surface area contributed by atoms with Crippen molar-refractivity contribution in [3.63, 3.8) is 0 Å². The van der Waals surface area contributed by atoms with Gasteiger partial charge in [-0.05, 0) is 12.8 Å². The molecule has 2 fully saturated rings. The normalized spacial score (nSPS) is 21.6. The number of amides is 2. The van der Waals surface area contributed by atoms with E-state index in [4.69, 9.17) is 9.47 Å². The molecule has 1 aromatic rings. The maximum Gasteiger partial charge on any atom is 0.270 e. The van der Waals surface area contributed by atoms with E-state index in [1.165, 1.54) is 17.0 Å². The molecular formula is C18H20N2O6. The maximum absolute atomic E-state index is 13.0. The monoisotopic (exact) mass is 360 g/mol. The number of carbonyl (C=O) groups is 2. The van der Waals surface area contributed by atoms with Crippen LogP contribution < -0.4 is 4.74 Å². The van der Waals surface area contributed by atoms with Gasteiger partial charge in [0.2, 0.25) is 11.8 Å². The Morgan fingerprint density at radius 2 is 1.96 bits per heavy atom. The molecule has 1 saturated carbocycles. The van der Waals surface area contributed by atoms with Crippen LogP contribution in [0.2, 0.25) is 0 Å². The summed E-state index contributed by atoms with van der Waals surface area (Å²) >= 11 is 0. The van der Waals surface area contributed by atoms with Gasteiger partial charge in [0.05, 0.1) is 23.5 Å². The van der Waals surface area contributed by atoms with E-state index in [9.17, 15) is 19.7 Å². The number of likely N-dealkylation sites (tertiary alicyclic amines) is 1. The van der Waals surface area contributed by atoms with Crippen molar-refractivity contribution in [1.29, 1.82) is 0 Å². The zero-order valence-corrected chi connectivity index (χ0v) is 14.4. The standard InChI is InChI=1S/C18H20N2O6/c21-15-8-18(4-2-1-3-5-18)17(22)19(15)9-12-6-14(20(23)24)7-13-10-25-11-26-16(12)13/h6-7H,1-5,8-11H2. The van der Waals surface area contributed by atoms with Crippen LogP contribution in [0, 0.1) is 15.5 Å². The average Bonchev–Trinajstić information content (AvgIpc) is 2.86. The number of rotatable bonds is 3. The third-order valence-corrected chi connectivity index (χ3v) is 5.61. The van der Waals surface area contributed by atoms with Crippen LogP contribution in [0.5, 0.6) is 5.75 Å². The Bertz CT molecular complexity index is 784. The molecule has 1 saturated heterocycles. The summed E-state index contributed by atoms with van der Waals surface area (Å²) in [6.07, 6.45) is 4.73. The van der Waals surface area contributed by atoms with Gasteiger partial charge in [-0.15, -0.1) is 0 Å². The number of hydrogen-bond donors (Lipinski definition) is 0. The fourth-order valence-electron chi connectivity index (χ4n) is 4.31. The van der Waals surface area contributed by atoms with Crippen LogP contribution in [0.3, 0.4) is 0 Å². The van der Waals surface area contributed by atoms with Crippen LogP contribution in [0.25, 0.3) is 0 Å². The van der Waals surface area contributed by atoms with E-state index >= 15 is 0 Å². The number of hydrogen-bond acceptors (Lipinski definition) is 6. The summed E-state index contributed by atoms with van der Waals surface area (Å²) < 4.78 is 10.7. The number of nitrogens with zero attached hydrogens (tertiary/aromatic N) is 2. The number of nitro benzene ring substituents is 1. The van der Waals surface area contributed by atoms with Crippen molar-refractivity contribution in [3.8, 4) is 5.75 Å². The fraction of sp³-hybridized carbons (Fsp3) is 0.556. The third kappa shape index (κ3) is 2.74. The molecular weight excluding hydrogens is 340 g/mol. The molecule has 26 heavy (non-hydrogen) atoms. The molecule has 0 radical (unpaired) electrons. The predicted molar refractivity (Wildman–Crippen MR) is 89.1 cm³/mol. The number of carbonyl (C=O) groups excluding carboxylic acids is 2. The van der Waals surface area contributed by atoms with Gasteiger partial charge in [0.1, 0.15) is 5.75 Å². The lowest BCUT2D eigenvalue weighted by molar-refractivity contribution is -0.385. The van der Waals surface area contributed by atoms with E-state index in [0.717, 1.165) is 32.1 Å². The van der Waals surface area contributed by atoms with Gasteiger partial charge in [0, 0.05) is 29.7 Å². The summed E-state index contributed by atoms with van der Waals surface area (Å²) in [6, 6.07) is 2.80. The van der Waals surface area contributed by atoms with Crippen LogP contribution in [0.15, 0.2) is 12.1 Å². The highest BCUT2D eigenvalue weighted by molar-refractivity contribution is 6.05. The highest BCUT2D eigenvalue weighted by atomic mass is 16.7. The zero-order valence-electron chi connectivity index (χ0n) is 14.4. The number of nitro groups is 1. The molecule has 2 aliphatic heterocycles. The van der Waals surface area contributed by atoms with Gasteiger partial charge in [-0.2, -0.15) is 0 Å². The number of fused-ring (bicyclic) bond motifs is 1. The zero-order chi connectivity index (χ0) is 18.3. The van der Waals surface area contributed by atoms with E-state index < -0.39 is 10.3 Å². The quantitative estimate of drug-likeness (QED) is 0.467. The van der Waals surface area contributed by atoms with E-state index in [2.05, 4.69) is 0 Å². The molecule has 1 aromatic carbocycles. The summed E-state index contributed by atoms with van der Waals surface area (Å²) in [5, 5.41) is 11.2. The van der Waals surface area contributed by atoms with Gasteiger partial charge in [0.15, 0.2) is 6.79 Å². The van der Waals surface area contributed by atoms with E-state index in [1.54, 1.807) is 0 Å². The lowest BCUT2D eigenvalue weighted by atomic mass is 9.73. The highest BCUT2D eigenvalue weighted by Gasteiger charge is 2.51. The second-order valence-corrected chi connectivity index (χ2v) is 7.26. The van der Waals surface area contributed by atoms with Crippen molar-refractivity contribution in [2.24, 2.45) is 5.41 Å². The first-order valence-electron chi connectivity index (χ1n) is 8.86. The lowest BCUT2D eigenvalue weighted by Gasteiger charge is -2.30. The number of ether oxygens (including phenoxy) is 2. The van der Waals surface area contributed by atoms with Gasteiger partial charge in [0.25, 0.3) is 5.69 Å². The Balaban J connectivity index is 1.66. The third-order valence-electron chi connectivity index (χ3n) is 5.61. The molecule has 0 bridgehead atoms. The van der Waals surface area contributed by atoms with Crippen molar-refractivity contribution in [1.82, 2.24) is 4.90 Å². The predicted octanol–water partition coefficient (Wildman–Crippen LogP) is 2.67. The van der Waals surface area contributed by atoms with Gasteiger partial charge >= 0.3 is 0 Å². The second-order valence-electron chi connectivity index (χ2n) is 7.26. The molecule has 138 valence electrons. The van der Waals surface area contributed by atoms with Crippen LogP contribution in [0.4, 0.5) is 5.69 Å². The molecule has 4 rings (SSSR count). The largest absolute Gasteiger partial charge is 0.467 e. The second kappa shape index (κ2) is 6.35. The minimum absolute atomic E-state index is 0.00340. The molecule has 1 spiro atoms. The molecule has 0 atom stereocenters. The molecule has 2 heterocycles. The number of imide groups is 1. The van der Waals surface area contributed by atoms with Crippen LogP contribution in [-0.4, -0.2) is 28.4 Å². The van der Waals surface area contributed by atoms with Crippen molar-refractivity contribution in [2.75, 3.05) is 6.79 Å². The Morgan fingerprint density at radius 1 is 1.19 bits per heavy atom. The van der Waals surface area contributed by atoms with Crippen molar-refractivity contribution < 1.29 is 24.0 Å². The van der Waals surface area contributed by atoms with Crippen molar-refractivity contribution >= 4 is 17.5 Å². The Kier molecular flexibility index (Phi) is 4.14. The van der Waals surface area contributed by atoms with Crippen LogP contribution >= 0.6 is 0 Å². The minimum Gasteiger partial charge on any atom is -0.467 e. The van der Waals surface area contributed by atoms with E-state index in [1.807, 2.05) is 0 Å². The summed E-state index contributed by atoms with van der Waals surface area (Å²) in [4.78, 5) is 37.5. The Morgan fingerprint density at radius 3 is 2.69 bits per heavy atom. The minimum atomic E-state index is -0.569. The number of non-ortho nitro benzene ring substituents is 1. The summed E-state index contributed by atoms with van der Waals surface area (Å²) in [7, 11) is 0. The first-order chi connectivity index (χ1) is 12.5. The van der Waals surface area contributed by atoms with Gasteiger partial charge in [-0.25, -0.2) is 0 Å². The smallest absolute Gasteiger partial charge is 0.270 e. The fourth-order valence-corrected chi connectivity index (χ4v) is 4.31. The number of benzene rings is 1. The van der Waals surface area contributed by atoms with Crippen molar-refractivity contribution in [2.45, 2.75) is 51.7 Å². The first-order valence-corrected chi connectivity index (χ1v) is 8.86. The van der Waals surface area contributed by atoms with E-state index in [-0.39, 0.29) is 43.9 Å². The molecule has 0 N–H and O–H groups in total. The topological polar surface area (TPSA) is 99.0 Å². The van der Waals surface area contributed by atoms with Crippen molar-refractivity contribution in [3.05, 3.63) is 33.4 Å². The summed E-state index contributed by atoms with van der Waals surface area (Å²) in [6.45, 7) is 0.253. The summed E-state index contributed by atoms with van der Waals surface area (Å²) in [5.74, 6) is 0.130. The van der Waals surface area contributed by atoms with E-state index in [0.29, 0.717) is 16.9 Å². The van der Waals surface area contributed by atoms with Gasteiger partial charge in [-0.3, -0.25) is 24.6 Å². The molecule has 0 unspecified atom stereocenters. The SMILES string of the molecule is O=C1CC2(CCCCC2)C(=O)N1Cc1cc([N+](=O)[O-])cc2c1OCOC2. The molecule has 2 amide bonds. The van der Waals surface area contributed by atoms with Crippen LogP contribution in [-0.2, 0) is 27.5 Å².